The van der Waals surface area contributed by atoms with Crippen molar-refractivity contribution >= 4 is 17.7 Å². The van der Waals surface area contributed by atoms with E-state index in [4.69, 9.17) is 0 Å². The molecule has 1 aromatic rings. The molecule has 1 aliphatic heterocycles. The summed E-state index contributed by atoms with van der Waals surface area (Å²) in [5.74, 6) is -0.762. The number of alkyl carbamates (subject to hydrolysis) is 1. The molecule has 8 heteroatoms. The van der Waals surface area contributed by atoms with Crippen LogP contribution < -0.4 is 10.6 Å². The lowest BCUT2D eigenvalue weighted by atomic mass is 10.1. The molecule has 1 heterocycles. The van der Waals surface area contributed by atoms with Crippen LogP contribution in [0, 0.1) is 0 Å². The number of ether oxygens (including phenoxy) is 1. The predicted octanol–water partition coefficient (Wildman–Crippen LogP) is 1.75. The van der Waals surface area contributed by atoms with E-state index in [2.05, 4.69) is 15.4 Å². The second-order valence-corrected chi connectivity index (χ2v) is 3.83. The van der Waals surface area contributed by atoms with Crippen molar-refractivity contribution in [3.63, 3.8) is 0 Å². The molecule has 1 aliphatic rings. The molecule has 1 saturated heterocycles. The number of rotatable bonds is 2. The average Bonchev–Trinajstić information content (AvgIpc) is 2.75. The third-order valence-corrected chi connectivity index (χ3v) is 2.48. The lowest BCUT2D eigenvalue weighted by Crippen LogP contribution is -2.39. The second-order valence-electron chi connectivity index (χ2n) is 3.83. The molecule has 1 fully saturated rings. The predicted molar refractivity (Wildman–Crippen MR) is 58.3 cm³/mol. The summed E-state index contributed by atoms with van der Waals surface area (Å²) in [5.41, 5.74) is -1.31. The molecule has 0 radical (unpaired) electrons. The van der Waals surface area contributed by atoms with Gasteiger partial charge in [0, 0.05) is 0 Å². The van der Waals surface area contributed by atoms with Crippen LogP contribution in [0.25, 0.3) is 0 Å². The van der Waals surface area contributed by atoms with Crippen molar-refractivity contribution in [2.24, 2.45) is 0 Å². The van der Waals surface area contributed by atoms with Gasteiger partial charge in [-0.2, -0.15) is 13.2 Å². The minimum absolute atomic E-state index is 0.209. The number of cyclic esters (lactones) is 1. The van der Waals surface area contributed by atoms with E-state index >= 15 is 0 Å². The van der Waals surface area contributed by atoms with Crippen LogP contribution in [0.2, 0.25) is 0 Å². The number of para-hydroxylation sites is 1. The number of hydrogen-bond donors (Lipinski definition) is 2. The molecule has 102 valence electrons. The summed E-state index contributed by atoms with van der Waals surface area (Å²) in [7, 11) is 0. The molecule has 1 aromatic carbocycles. The highest BCUT2D eigenvalue weighted by Gasteiger charge is 2.35. The van der Waals surface area contributed by atoms with Crippen LogP contribution in [0.3, 0.4) is 0 Å². The maximum Gasteiger partial charge on any atom is 0.418 e. The Morgan fingerprint density at radius 1 is 1.37 bits per heavy atom. The third kappa shape index (κ3) is 2.95. The van der Waals surface area contributed by atoms with Crippen molar-refractivity contribution in [3.05, 3.63) is 29.8 Å². The van der Waals surface area contributed by atoms with Gasteiger partial charge in [0.15, 0.2) is 0 Å². The SMILES string of the molecule is O=C1NC(C(=O)Nc2ccccc2C(F)(F)F)CO1. The monoisotopic (exact) mass is 274 g/mol. The zero-order valence-electron chi connectivity index (χ0n) is 9.45. The quantitative estimate of drug-likeness (QED) is 0.863. The summed E-state index contributed by atoms with van der Waals surface area (Å²) in [6.07, 6.45) is -5.34. The molecule has 2 amide bonds. The number of halogens is 3. The number of carbonyl (C=O) groups is 2. The number of carbonyl (C=O) groups excluding carboxylic acids is 2. The van der Waals surface area contributed by atoms with Crippen molar-refractivity contribution < 1.29 is 27.5 Å². The Labute approximate surface area is 105 Å². The highest BCUT2D eigenvalue weighted by Crippen LogP contribution is 2.34. The standard InChI is InChI=1S/C11H9F3N2O3/c12-11(13,14)6-3-1-2-4-7(6)15-9(17)8-5-19-10(18)16-8/h1-4,8H,5H2,(H,15,17)(H,16,18). The number of amides is 2. The van der Waals surface area contributed by atoms with Gasteiger partial charge in [-0.3, -0.25) is 4.79 Å². The van der Waals surface area contributed by atoms with E-state index in [1.165, 1.54) is 12.1 Å². The normalized spacial score (nSPS) is 18.7. The number of nitrogens with one attached hydrogen (secondary N) is 2. The van der Waals surface area contributed by atoms with E-state index in [1.54, 1.807) is 0 Å². The molecule has 0 bridgehead atoms. The van der Waals surface area contributed by atoms with Gasteiger partial charge >= 0.3 is 12.3 Å². The highest BCUT2D eigenvalue weighted by atomic mass is 19.4. The average molecular weight is 274 g/mol. The first-order valence-corrected chi connectivity index (χ1v) is 5.28. The van der Waals surface area contributed by atoms with E-state index in [9.17, 15) is 22.8 Å². The second kappa shape index (κ2) is 4.79. The fourth-order valence-electron chi connectivity index (χ4n) is 1.59. The van der Waals surface area contributed by atoms with Crippen molar-refractivity contribution in [3.8, 4) is 0 Å². The Morgan fingerprint density at radius 2 is 2.05 bits per heavy atom. The Hall–Kier alpha value is -2.25. The molecule has 19 heavy (non-hydrogen) atoms. The molecule has 0 aliphatic carbocycles. The molecule has 1 unspecified atom stereocenters. The number of anilines is 1. The largest absolute Gasteiger partial charge is 0.447 e. The highest BCUT2D eigenvalue weighted by molar-refractivity contribution is 5.98. The van der Waals surface area contributed by atoms with Gasteiger partial charge in [0.1, 0.15) is 12.6 Å². The van der Waals surface area contributed by atoms with E-state index in [1.807, 2.05) is 0 Å². The number of hydrogen-bond acceptors (Lipinski definition) is 3. The first-order valence-electron chi connectivity index (χ1n) is 5.28. The topological polar surface area (TPSA) is 67.4 Å². The van der Waals surface area contributed by atoms with E-state index in [0.717, 1.165) is 12.1 Å². The van der Waals surface area contributed by atoms with E-state index in [-0.39, 0.29) is 12.3 Å². The summed E-state index contributed by atoms with van der Waals surface area (Å²) in [6, 6.07) is 3.60. The zero-order chi connectivity index (χ0) is 14.0. The number of benzene rings is 1. The maximum absolute atomic E-state index is 12.7. The lowest BCUT2D eigenvalue weighted by molar-refractivity contribution is -0.137. The lowest BCUT2D eigenvalue weighted by Gasteiger charge is -2.14. The molecule has 5 nitrogen and oxygen atoms in total. The molecule has 1 atom stereocenters. The molecular weight excluding hydrogens is 265 g/mol. The van der Waals surface area contributed by atoms with Crippen LogP contribution in [-0.2, 0) is 15.7 Å². The molecule has 2 N–H and O–H groups in total. The van der Waals surface area contributed by atoms with Gasteiger partial charge in [0.05, 0.1) is 11.3 Å². The van der Waals surface area contributed by atoms with Gasteiger partial charge in [-0.05, 0) is 12.1 Å². The zero-order valence-corrected chi connectivity index (χ0v) is 9.45. The molecule has 0 aromatic heterocycles. The molecular formula is C11H9F3N2O3. The fourth-order valence-corrected chi connectivity index (χ4v) is 1.59. The van der Waals surface area contributed by atoms with E-state index in [0.29, 0.717) is 0 Å². The molecule has 0 saturated carbocycles. The smallest absolute Gasteiger partial charge is 0.418 e. The van der Waals surface area contributed by atoms with Crippen molar-refractivity contribution in [1.29, 1.82) is 0 Å². The van der Waals surface area contributed by atoms with Crippen molar-refractivity contribution in [1.82, 2.24) is 5.32 Å². The summed E-state index contributed by atoms with van der Waals surface area (Å²) in [4.78, 5) is 22.4. The Morgan fingerprint density at radius 3 is 2.63 bits per heavy atom. The van der Waals surface area contributed by atoms with Crippen LogP contribution in [0.4, 0.5) is 23.7 Å². The first kappa shape index (κ1) is 13.2. The van der Waals surface area contributed by atoms with Crippen LogP contribution in [-0.4, -0.2) is 24.6 Å². The van der Waals surface area contributed by atoms with Crippen LogP contribution in [0.1, 0.15) is 5.56 Å². The summed E-state index contributed by atoms with van der Waals surface area (Å²) in [5, 5.41) is 4.30. The minimum atomic E-state index is -4.57. The van der Waals surface area contributed by atoms with Gasteiger partial charge in [0.2, 0.25) is 0 Å². The van der Waals surface area contributed by atoms with Gasteiger partial charge < -0.3 is 15.4 Å². The summed E-state index contributed by atoms with van der Waals surface area (Å²) < 4.78 is 42.6. The Kier molecular flexibility index (Phi) is 3.32. The minimum Gasteiger partial charge on any atom is -0.447 e. The molecule has 2 rings (SSSR count). The van der Waals surface area contributed by atoms with Crippen molar-refractivity contribution in [2.75, 3.05) is 11.9 Å². The fraction of sp³-hybridized carbons (Fsp3) is 0.273. The first-order chi connectivity index (χ1) is 8.88. The maximum atomic E-state index is 12.7. The Balaban J connectivity index is 2.15. The Bertz CT molecular complexity index is 516. The van der Waals surface area contributed by atoms with Gasteiger partial charge in [-0.25, -0.2) is 4.79 Å². The van der Waals surface area contributed by atoms with Gasteiger partial charge in [-0.15, -0.1) is 0 Å². The van der Waals surface area contributed by atoms with Crippen LogP contribution >= 0.6 is 0 Å². The van der Waals surface area contributed by atoms with Gasteiger partial charge in [0.25, 0.3) is 5.91 Å². The van der Waals surface area contributed by atoms with Gasteiger partial charge in [-0.1, -0.05) is 12.1 Å². The summed E-state index contributed by atoms with van der Waals surface area (Å²) >= 11 is 0. The summed E-state index contributed by atoms with van der Waals surface area (Å²) in [6.45, 7) is -0.209. The van der Waals surface area contributed by atoms with Crippen LogP contribution in [0.15, 0.2) is 24.3 Å². The third-order valence-electron chi connectivity index (χ3n) is 2.48. The van der Waals surface area contributed by atoms with Crippen molar-refractivity contribution in [2.45, 2.75) is 12.2 Å². The number of alkyl halides is 3. The van der Waals surface area contributed by atoms with Crippen LogP contribution in [0.5, 0.6) is 0 Å². The van der Waals surface area contributed by atoms with E-state index < -0.39 is 29.8 Å². The molecule has 0 spiro atoms.